The molecule has 2 N–H and O–H groups in total. The maximum atomic E-state index is 10.7. The second kappa shape index (κ2) is 11.4. The van der Waals surface area contributed by atoms with Crippen LogP contribution in [0.15, 0.2) is 0 Å². The van der Waals surface area contributed by atoms with E-state index in [-0.39, 0.29) is 62.0 Å². The molecule has 0 aliphatic carbocycles. The first-order valence-corrected chi connectivity index (χ1v) is 4.46. The fraction of sp³-hybridized carbons (Fsp3) is 0.778. The number of carboxylic acid groups (broad SMARTS) is 2. The number of carbonyl (C=O) groups is 2. The second-order valence-electron chi connectivity index (χ2n) is 3.21. The fourth-order valence-corrected chi connectivity index (χ4v) is 1.18. The number of unbranched alkanes of at least 4 members (excludes halogenated alkanes) is 1. The zero-order valence-electron chi connectivity index (χ0n) is 12.0. The second-order valence-corrected chi connectivity index (χ2v) is 3.21. The molecule has 2 atom stereocenters. The Balaban J connectivity index is -0.000000120. The molecule has 0 rings (SSSR count). The normalized spacial score (nSPS) is 12.9. The molecule has 80 valence electrons. The van der Waals surface area contributed by atoms with E-state index in [1.165, 1.54) is 6.92 Å². The molecule has 6 heteroatoms. The molecular formula is C9H18Na2O4. The number of rotatable bonds is 6. The van der Waals surface area contributed by atoms with Crippen LogP contribution in [-0.2, 0) is 9.59 Å². The summed E-state index contributed by atoms with van der Waals surface area (Å²) in [4.78, 5) is 21.2. The number of aliphatic carboxylic acids is 2. The van der Waals surface area contributed by atoms with Crippen molar-refractivity contribution < 1.29 is 81.8 Å². The predicted octanol–water partition coefficient (Wildman–Crippen LogP) is -4.17. The van der Waals surface area contributed by atoms with E-state index in [0.29, 0.717) is 6.42 Å². The van der Waals surface area contributed by atoms with Crippen molar-refractivity contribution in [2.24, 2.45) is 11.8 Å². The van der Waals surface area contributed by atoms with Gasteiger partial charge in [-0.05, 0) is 6.42 Å². The molecule has 0 bridgehead atoms. The van der Waals surface area contributed by atoms with Gasteiger partial charge in [0.25, 0.3) is 0 Å². The van der Waals surface area contributed by atoms with E-state index in [9.17, 15) is 9.59 Å². The van der Waals surface area contributed by atoms with Crippen LogP contribution in [0, 0.1) is 11.8 Å². The Kier molecular flexibility index (Phi) is 16.2. The van der Waals surface area contributed by atoms with Crippen LogP contribution in [0.2, 0.25) is 0 Å². The maximum absolute atomic E-state index is 10.7. The molecule has 0 aromatic rings. The summed E-state index contributed by atoms with van der Waals surface area (Å²) in [5.74, 6) is -3.60. The average Bonchev–Trinajstić information content (AvgIpc) is 2.04. The Labute approximate surface area is 137 Å². The van der Waals surface area contributed by atoms with Gasteiger partial charge in [-0.25, -0.2) is 0 Å². The van der Waals surface area contributed by atoms with Gasteiger partial charge in [-0.1, -0.05) is 26.7 Å². The molecular weight excluding hydrogens is 218 g/mol. The third-order valence-electron chi connectivity index (χ3n) is 2.18. The van der Waals surface area contributed by atoms with E-state index >= 15 is 0 Å². The van der Waals surface area contributed by atoms with Crippen LogP contribution in [0.5, 0.6) is 0 Å². The third kappa shape index (κ3) is 8.72. The maximum Gasteiger partial charge on any atom is 1.00 e. The molecule has 0 radical (unpaired) electrons. The smallest absolute Gasteiger partial charge is 1.00 e. The Bertz CT molecular complexity index is 205. The molecule has 0 amide bonds. The third-order valence-corrected chi connectivity index (χ3v) is 2.18. The van der Waals surface area contributed by atoms with E-state index in [4.69, 9.17) is 10.2 Å². The van der Waals surface area contributed by atoms with Gasteiger partial charge in [0, 0.05) is 0 Å². The minimum Gasteiger partial charge on any atom is -1.00 e. The average molecular weight is 236 g/mol. The van der Waals surface area contributed by atoms with Crippen molar-refractivity contribution in [1.82, 2.24) is 0 Å². The zero-order chi connectivity index (χ0) is 10.4. The van der Waals surface area contributed by atoms with Crippen molar-refractivity contribution in [2.75, 3.05) is 0 Å². The summed E-state index contributed by atoms with van der Waals surface area (Å²) < 4.78 is 0. The molecule has 0 saturated carbocycles. The molecule has 0 aliphatic rings. The first kappa shape index (κ1) is 21.2. The quantitative estimate of drug-likeness (QED) is 0.459. The molecule has 0 fully saturated rings. The minimum absolute atomic E-state index is 0. The first-order chi connectivity index (χ1) is 6.00. The molecule has 0 aliphatic heterocycles. The summed E-state index contributed by atoms with van der Waals surface area (Å²) >= 11 is 0. The molecule has 0 heterocycles. The van der Waals surface area contributed by atoms with Crippen LogP contribution < -0.4 is 59.1 Å². The minimum atomic E-state index is -1.04. The monoisotopic (exact) mass is 236 g/mol. The van der Waals surface area contributed by atoms with Gasteiger partial charge in [-0.3, -0.25) is 9.59 Å². The van der Waals surface area contributed by atoms with Gasteiger partial charge in [0.1, 0.15) is 0 Å². The molecule has 0 spiro atoms. The molecule has 0 aromatic carbocycles. The standard InChI is InChI=1S/C9H16O4.2Na.2H/c1-3-4-5-7(9(12)13)6(2)8(10)11;;;;/h6-7H,3-5H2,1-2H3,(H,10,11)(H,12,13);;;;/q;2*+1;2*-1. The summed E-state index contributed by atoms with van der Waals surface area (Å²) in [6.45, 7) is 3.39. The van der Waals surface area contributed by atoms with E-state index < -0.39 is 23.8 Å². The van der Waals surface area contributed by atoms with Gasteiger partial charge < -0.3 is 13.1 Å². The topological polar surface area (TPSA) is 74.6 Å². The summed E-state index contributed by atoms with van der Waals surface area (Å²) in [6.07, 6.45) is 2.09. The van der Waals surface area contributed by atoms with E-state index in [1.807, 2.05) is 6.92 Å². The van der Waals surface area contributed by atoms with Crippen LogP contribution in [0.4, 0.5) is 0 Å². The Morgan fingerprint density at radius 1 is 1.20 bits per heavy atom. The van der Waals surface area contributed by atoms with Crippen LogP contribution in [0.3, 0.4) is 0 Å². The van der Waals surface area contributed by atoms with Gasteiger partial charge in [0.2, 0.25) is 0 Å². The van der Waals surface area contributed by atoms with E-state index in [2.05, 4.69) is 0 Å². The summed E-state index contributed by atoms with van der Waals surface area (Å²) in [6, 6.07) is 0. The van der Waals surface area contributed by atoms with Crippen LogP contribution in [0.1, 0.15) is 36.0 Å². The van der Waals surface area contributed by atoms with Crippen LogP contribution in [0.25, 0.3) is 0 Å². The van der Waals surface area contributed by atoms with Crippen LogP contribution in [-0.4, -0.2) is 22.2 Å². The van der Waals surface area contributed by atoms with Crippen molar-refractivity contribution in [2.45, 2.75) is 33.1 Å². The van der Waals surface area contributed by atoms with Crippen molar-refractivity contribution in [1.29, 1.82) is 0 Å². The Hall–Kier alpha value is 0.940. The first-order valence-electron chi connectivity index (χ1n) is 4.46. The van der Waals surface area contributed by atoms with Gasteiger partial charge in [-0.15, -0.1) is 0 Å². The van der Waals surface area contributed by atoms with E-state index in [0.717, 1.165) is 12.8 Å². The van der Waals surface area contributed by atoms with E-state index in [1.54, 1.807) is 0 Å². The summed E-state index contributed by atoms with van der Waals surface area (Å²) in [5.41, 5.74) is 0. The zero-order valence-corrected chi connectivity index (χ0v) is 14.0. The van der Waals surface area contributed by atoms with Gasteiger partial charge in [-0.2, -0.15) is 0 Å². The van der Waals surface area contributed by atoms with Gasteiger partial charge in [0.15, 0.2) is 0 Å². The van der Waals surface area contributed by atoms with Gasteiger partial charge in [0.05, 0.1) is 11.8 Å². The van der Waals surface area contributed by atoms with Crippen molar-refractivity contribution in [3.63, 3.8) is 0 Å². The SMILES string of the molecule is CCCCC(C(=O)O)C(C)C(=O)O.[H-].[H-].[Na+].[Na+]. The molecule has 15 heavy (non-hydrogen) atoms. The Morgan fingerprint density at radius 2 is 1.67 bits per heavy atom. The van der Waals surface area contributed by atoms with Crippen molar-refractivity contribution in [3.8, 4) is 0 Å². The molecule has 0 aromatic heterocycles. The fourth-order valence-electron chi connectivity index (χ4n) is 1.18. The predicted molar refractivity (Wildman–Crippen MR) is 49.7 cm³/mol. The summed E-state index contributed by atoms with van der Waals surface area (Å²) in [7, 11) is 0. The van der Waals surface area contributed by atoms with Crippen molar-refractivity contribution >= 4 is 11.9 Å². The molecule has 0 saturated heterocycles. The number of hydrogen-bond acceptors (Lipinski definition) is 2. The molecule has 2 unspecified atom stereocenters. The Morgan fingerprint density at radius 3 is 1.93 bits per heavy atom. The number of hydrogen-bond donors (Lipinski definition) is 2. The molecule has 4 nitrogen and oxygen atoms in total. The number of carboxylic acids is 2. The van der Waals surface area contributed by atoms with Gasteiger partial charge >= 0.3 is 71.1 Å². The largest absolute Gasteiger partial charge is 1.00 e. The summed E-state index contributed by atoms with van der Waals surface area (Å²) in [5, 5.41) is 17.4. The van der Waals surface area contributed by atoms with Crippen molar-refractivity contribution in [3.05, 3.63) is 0 Å². The van der Waals surface area contributed by atoms with Crippen LogP contribution >= 0.6 is 0 Å².